The normalized spacial score (nSPS) is 33.0. The molecule has 16 heavy (non-hydrogen) atoms. The molecule has 0 bridgehead atoms. The lowest BCUT2D eigenvalue weighted by Gasteiger charge is -2.43. The second-order valence-electron chi connectivity index (χ2n) is 5.69. The van der Waals surface area contributed by atoms with Gasteiger partial charge >= 0.3 is 0 Å². The summed E-state index contributed by atoms with van der Waals surface area (Å²) in [7, 11) is 3.75. The molecule has 2 atom stereocenters. The summed E-state index contributed by atoms with van der Waals surface area (Å²) < 4.78 is 5.37. The zero-order valence-electron chi connectivity index (χ0n) is 11.0. The topological polar surface area (TPSA) is 58.7 Å². The number of methoxy groups -OCH3 is 1. The number of piperidine rings is 1. The van der Waals surface area contributed by atoms with Crippen molar-refractivity contribution in [1.82, 2.24) is 4.90 Å². The number of hydrogen-bond donors (Lipinski definition) is 2. The molecule has 4 heteroatoms. The average Bonchev–Trinajstić information content (AvgIpc) is 2.22. The maximum absolute atomic E-state index is 10.5. The van der Waals surface area contributed by atoms with E-state index in [1.165, 1.54) is 0 Å². The summed E-state index contributed by atoms with van der Waals surface area (Å²) in [5.74, 6) is 0. The predicted molar refractivity (Wildman–Crippen MR) is 65.4 cm³/mol. The number of hydrogen-bond acceptors (Lipinski definition) is 4. The van der Waals surface area contributed by atoms with E-state index in [1.54, 1.807) is 7.11 Å². The Balaban J connectivity index is 2.51. The van der Waals surface area contributed by atoms with Gasteiger partial charge in [0.05, 0.1) is 11.2 Å². The van der Waals surface area contributed by atoms with Crippen molar-refractivity contribution in [2.24, 2.45) is 5.73 Å². The van der Waals surface area contributed by atoms with Gasteiger partial charge in [-0.1, -0.05) is 0 Å². The van der Waals surface area contributed by atoms with Crippen LogP contribution >= 0.6 is 0 Å². The highest BCUT2D eigenvalue weighted by Gasteiger charge is 2.39. The molecule has 1 aliphatic rings. The standard InChI is InChI=1S/C12H26N2O2/c1-11(2,16-4)5-6-12(15)7-8-14(3)9-10(12)13/h10,15H,5-9,13H2,1-4H3. The summed E-state index contributed by atoms with van der Waals surface area (Å²) in [6, 6.07) is -0.154. The number of nitrogens with two attached hydrogens (primary N) is 1. The SMILES string of the molecule is COC(C)(C)CCC1(O)CCN(C)CC1N. The van der Waals surface area contributed by atoms with Gasteiger partial charge in [0.15, 0.2) is 0 Å². The van der Waals surface area contributed by atoms with E-state index in [2.05, 4.69) is 4.90 Å². The largest absolute Gasteiger partial charge is 0.388 e. The predicted octanol–water partition coefficient (Wildman–Crippen LogP) is 0.586. The minimum atomic E-state index is -0.720. The van der Waals surface area contributed by atoms with Crippen molar-refractivity contribution in [2.45, 2.75) is 50.4 Å². The molecular weight excluding hydrogens is 204 g/mol. The molecule has 0 radical (unpaired) electrons. The molecule has 0 spiro atoms. The summed E-state index contributed by atoms with van der Waals surface area (Å²) in [5, 5.41) is 10.5. The Morgan fingerprint density at radius 1 is 1.56 bits per heavy atom. The lowest BCUT2D eigenvalue weighted by molar-refractivity contribution is -0.0641. The molecule has 0 saturated carbocycles. The molecular formula is C12H26N2O2. The van der Waals surface area contributed by atoms with Gasteiger partial charge < -0.3 is 20.5 Å². The second kappa shape index (κ2) is 5.00. The fourth-order valence-corrected chi connectivity index (χ4v) is 2.10. The zero-order chi connectivity index (χ0) is 12.4. The van der Waals surface area contributed by atoms with Crippen molar-refractivity contribution in [1.29, 1.82) is 0 Å². The zero-order valence-corrected chi connectivity index (χ0v) is 11.0. The Bertz CT molecular complexity index is 233. The first-order valence-corrected chi connectivity index (χ1v) is 6.01. The van der Waals surface area contributed by atoms with E-state index in [4.69, 9.17) is 10.5 Å². The van der Waals surface area contributed by atoms with E-state index in [0.717, 1.165) is 25.9 Å². The van der Waals surface area contributed by atoms with Crippen LogP contribution in [0, 0.1) is 0 Å². The van der Waals surface area contributed by atoms with Crippen molar-refractivity contribution in [3.8, 4) is 0 Å². The van der Waals surface area contributed by atoms with E-state index in [1.807, 2.05) is 20.9 Å². The molecule has 3 N–H and O–H groups in total. The van der Waals surface area contributed by atoms with Gasteiger partial charge in [-0.05, 0) is 40.2 Å². The van der Waals surface area contributed by atoms with E-state index in [-0.39, 0.29) is 11.6 Å². The molecule has 1 fully saturated rings. The number of aliphatic hydroxyl groups is 1. The van der Waals surface area contributed by atoms with Gasteiger partial charge in [-0.2, -0.15) is 0 Å². The van der Waals surface area contributed by atoms with Crippen LogP contribution in [0.5, 0.6) is 0 Å². The molecule has 0 aromatic carbocycles. The molecule has 1 saturated heterocycles. The quantitative estimate of drug-likeness (QED) is 0.742. The van der Waals surface area contributed by atoms with Gasteiger partial charge in [-0.15, -0.1) is 0 Å². The van der Waals surface area contributed by atoms with Crippen LogP contribution in [0.3, 0.4) is 0 Å². The Kier molecular flexibility index (Phi) is 4.35. The molecule has 0 aliphatic carbocycles. The summed E-state index contributed by atoms with van der Waals surface area (Å²) in [6.45, 7) is 5.76. The molecule has 96 valence electrons. The van der Waals surface area contributed by atoms with Gasteiger partial charge in [0, 0.05) is 26.2 Å². The Labute approximate surface area is 98.8 Å². The third kappa shape index (κ3) is 3.42. The maximum atomic E-state index is 10.5. The van der Waals surface area contributed by atoms with Crippen molar-refractivity contribution in [3.05, 3.63) is 0 Å². The van der Waals surface area contributed by atoms with Crippen molar-refractivity contribution in [2.75, 3.05) is 27.2 Å². The molecule has 0 aromatic heterocycles. The van der Waals surface area contributed by atoms with Crippen LogP contribution in [-0.2, 0) is 4.74 Å². The van der Waals surface area contributed by atoms with Crippen LogP contribution in [-0.4, -0.2) is 54.5 Å². The van der Waals surface area contributed by atoms with Crippen LogP contribution < -0.4 is 5.73 Å². The van der Waals surface area contributed by atoms with Gasteiger partial charge in [0.2, 0.25) is 0 Å². The van der Waals surface area contributed by atoms with Gasteiger partial charge in [-0.25, -0.2) is 0 Å². The minimum absolute atomic E-state index is 0.154. The highest BCUT2D eigenvalue weighted by molar-refractivity contribution is 4.96. The van der Waals surface area contributed by atoms with Crippen molar-refractivity contribution >= 4 is 0 Å². The van der Waals surface area contributed by atoms with Gasteiger partial charge in [0.25, 0.3) is 0 Å². The number of nitrogens with zero attached hydrogens (tertiary/aromatic N) is 1. The highest BCUT2D eigenvalue weighted by Crippen LogP contribution is 2.29. The highest BCUT2D eigenvalue weighted by atomic mass is 16.5. The number of ether oxygens (including phenoxy) is 1. The van der Waals surface area contributed by atoms with Crippen LogP contribution in [0.25, 0.3) is 0 Å². The van der Waals surface area contributed by atoms with Gasteiger partial charge in [0.1, 0.15) is 0 Å². The average molecular weight is 230 g/mol. The molecule has 1 heterocycles. The van der Waals surface area contributed by atoms with Crippen molar-refractivity contribution < 1.29 is 9.84 Å². The summed E-state index contributed by atoms with van der Waals surface area (Å²) >= 11 is 0. The smallest absolute Gasteiger partial charge is 0.0823 e. The fraction of sp³-hybridized carbons (Fsp3) is 1.00. The Hall–Kier alpha value is -0.160. The molecule has 0 aromatic rings. The summed E-state index contributed by atoms with van der Waals surface area (Å²) in [4.78, 5) is 2.17. The van der Waals surface area contributed by atoms with E-state index < -0.39 is 5.60 Å². The first-order valence-electron chi connectivity index (χ1n) is 6.01. The number of rotatable bonds is 4. The van der Waals surface area contributed by atoms with Crippen molar-refractivity contribution in [3.63, 3.8) is 0 Å². The summed E-state index contributed by atoms with van der Waals surface area (Å²) in [6.07, 6.45) is 2.30. The minimum Gasteiger partial charge on any atom is -0.388 e. The monoisotopic (exact) mass is 230 g/mol. The van der Waals surface area contributed by atoms with Crippen LogP contribution in [0.2, 0.25) is 0 Å². The first kappa shape index (κ1) is 13.9. The van der Waals surface area contributed by atoms with Crippen LogP contribution in [0.4, 0.5) is 0 Å². The third-order valence-corrected chi connectivity index (χ3v) is 3.84. The maximum Gasteiger partial charge on any atom is 0.0823 e. The lowest BCUT2D eigenvalue weighted by Crippen LogP contribution is -2.59. The molecule has 0 amide bonds. The van der Waals surface area contributed by atoms with Crippen LogP contribution in [0.1, 0.15) is 33.1 Å². The van der Waals surface area contributed by atoms with E-state index >= 15 is 0 Å². The third-order valence-electron chi connectivity index (χ3n) is 3.84. The van der Waals surface area contributed by atoms with Crippen LogP contribution in [0.15, 0.2) is 0 Å². The molecule has 1 rings (SSSR count). The van der Waals surface area contributed by atoms with E-state index in [9.17, 15) is 5.11 Å². The number of likely N-dealkylation sites (tertiary alicyclic amines) is 1. The van der Waals surface area contributed by atoms with E-state index in [0.29, 0.717) is 6.42 Å². The van der Waals surface area contributed by atoms with Gasteiger partial charge in [-0.3, -0.25) is 0 Å². The molecule has 4 nitrogen and oxygen atoms in total. The second-order valence-corrected chi connectivity index (χ2v) is 5.69. The summed E-state index contributed by atoms with van der Waals surface area (Å²) in [5.41, 5.74) is 5.14. The first-order chi connectivity index (χ1) is 7.29. The fourth-order valence-electron chi connectivity index (χ4n) is 2.10. The Morgan fingerprint density at radius 3 is 2.69 bits per heavy atom. The Morgan fingerprint density at radius 2 is 2.19 bits per heavy atom. The lowest BCUT2D eigenvalue weighted by atomic mass is 9.81. The number of likely N-dealkylation sites (N-methyl/N-ethyl adjacent to an activating group) is 1. The molecule has 2 unspecified atom stereocenters. The molecule has 1 aliphatic heterocycles.